The molecule has 0 heterocycles. The molecule has 0 unspecified atom stereocenters. The van der Waals surface area contributed by atoms with Crippen LogP contribution in [0.2, 0.25) is 0 Å². The van der Waals surface area contributed by atoms with Crippen molar-refractivity contribution in [2.45, 2.75) is 13.8 Å². The van der Waals surface area contributed by atoms with E-state index in [4.69, 9.17) is 9.47 Å². The minimum atomic E-state index is -0.153. The predicted octanol–water partition coefficient (Wildman–Crippen LogP) is 2.81. The fraction of sp³-hybridized carbons (Fsp3) is 0.353. The summed E-state index contributed by atoms with van der Waals surface area (Å²) < 4.78 is 10.8. The fourth-order valence-corrected chi connectivity index (χ4v) is 1.62. The number of hydrogen-bond donors (Lipinski definition) is 1. The lowest BCUT2D eigenvalue weighted by Gasteiger charge is -2.06. The van der Waals surface area contributed by atoms with Gasteiger partial charge in [-0.05, 0) is 26.0 Å². The molecule has 0 aliphatic rings. The van der Waals surface area contributed by atoms with Gasteiger partial charge in [0.1, 0.15) is 5.75 Å². The van der Waals surface area contributed by atoms with E-state index < -0.39 is 0 Å². The maximum Gasteiger partial charge on any atom is 0.244 e. The first-order valence-corrected chi connectivity index (χ1v) is 7.03. The number of nitrogens with one attached hydrogen (secondary N) is 1. The summed E-state index contributed by atoms with van der Waals surface area (Å²) in [4.78, 5) is 11.7. The van der Waals surface area contributed by atoms with Gasteiger partial charge in [0, 0.05) is 18.2 Å². The zero-order chi connectivity index (χ0) is 15.5. The first-order valence-electron chi connectivity index (χ1n) is 7.03. The topological polar surface area (TPSA) is 47.6 Å². The van der Waals surface area contributed by atoms with Crippen molar-refractivity contribution in [3.8, 4) is 5.75 Å². The molecule has 0 aliphatic carbocycles. The zero-order valence-electron chi connectivity index (χ0n) is 12.7. The van der Waals surface area contributed by atoms with Crippen molar-refractivity contribution in [1.29, 1.82) is 0 Å². The Balaban J connectivity index is 2.38. The van der Waals surface area contributed by atoms with Crippen LogP contribution < -0.4 is 10.1 Å². The molecule has 0 saturated heterocycles. The number of ether oxygens (including phenoxy) is 2. The van der Waals surface area contributed by atoms with E-state index in [9.17, 15) is 4.79 Å². The van der Waals surface area contributed by atoms with Gasteiger partial charge in [0.05, 0.1) is 19.8 Å². The molecule has 114 valence electrons. The molecular weight excluding hydrogens is 266 g/mol. The van der Waals surface area contributed by atoms with E-state index in [1.54, 1.807) is 6.08 Å². The maximum absolute atomic E-state index is 11.7. The van der Waals surface area contributed by atoms with Crippen molar-refractivity contribution in [2.24, 2.45) is 0 Å². The molecule has 4 heteroatoms. The van der Waals surface area contributed by atoms with Crippen molar-refractivity contribution < 1.29 is 14.3 Å². The molecule has 0 aliphatic heterocycles. The number of benzene rings is 1. The van der Waals surface area contributed by atoms with Crippen LogP contribution in [0.5, 0.6) is 5.75 Å². The first kappa shape index (κ1) is 17.0. The van der Waals surface area contributed by atoms with Gasteiger partial charge in [0.2, 0.25) is 5.91 Å². The second kappa shape index (κ2) is 9.77. The van der Waals surface area contributed by atoms with Gasteiger partial charge in [-0.3, -0.25) is 4.79 Å². The molecule has 4 nitrogen and oxygen atoms in total. The van der Waals surface area contributed by atoms with Crippen LogP contribution in [-0.4, -0.2) is 32.3 Å². The Hall–Kier alpha value is -2.07. The van der Waals surface area contributed by atoms with Gasteiger partial charge in [-0.15, -0.1) is 0 Å². The average molecular weight is 289 g/mol. The summed E-state index contributed by atoms with van der Waals surface area (Å²) >= 11 is 0. The minimum absolute atomic E-state index is 0.153. The summed E-state index contributed by atoms with van der Waals surface area (Å²) in [5, 5.41) is 2.76. The molecule has 1 aromatic carbocycles. The van der Waals surface area contributed by atoms with Crippen LogP contribution >= 0.6 is 0 Å². The van der Waals surface area contributed by atoms with Crippen molar-refractivity contribution in [1.82, 2.24) is 5.32 Å². The summed E-state index contributed by atoms with van der Waals surface area (Å²) in [6.07, 6.45) is 3.24. The molecular formula is C17H23NO3. The van der Waals surface area contributed by atoms with Gasteiger partial charge in [-0.25, -0.2) is 0 Å². The Kier molecular flexibility index (Phi) is 7.90. The molecule has 0 saturated carbocycles. The molecule has 0 radical (unpaired) electrons. The smallest absolute Gasteiger partial charge is 0.244 e. The van der Waals surface area contributed by atoms with Crippen LogP contribution in [0.15, 0.2) is 42.5 Å². The Morgan fingerprint density at radius 3 is 2.86 bits per heavy atom. The SMILES string of the molecule is C=C(C)COCCNC(=O)/C=C/c1ccccc1OCC. The predicted molar refractivity (Wildman–Crippen MR) is 85.3 cm³/mol. The summed E-state index contributed by atoms with van der Waals surface area (Å²) in [5.41, 5.74) is 1.85. The van der Waals surface area contributed by atoms with E-state index in [1.165, 1.54) is 6.08 Å². The summed E-state index contributed by atoms with van der Waals surface area (Å²) in [7, 11) is 0. The Labute approximate surface area is 126 Å². The number of hydrogen-bond acceptors (Lipinski definition) is 3. The number of amides is 1. The van der Waals surface area contributed by atoms with Gasteiger partial charge in [-0.2, -0.15) is 0 Å². The van der Waals surface area contributed by atoms with Crippen molar-refractivity contribution >= 4 is 12.0 Å². The lowest BCUT2D eigenvalue weighted by atomic mass is 10.2. The Morgan fingerprint density at radius 2 is 2.14 bits per heavy atom. The van der Waals surface area contributed by atoms with Gasteiger partial charge >= 0.3 is 0 Å². The van der Waals surface area contributed by atoms with Gasteiger partial charge in [-0.1, -0.05) is 30.4 Å². The minimum Gasteiger partial charge on any atom is -0.493 e. The van der Waals surface area contributed by atoms with Crippen molar-refractivity contribution in [3.05, 3.63) is 48.1 Å². The number of carbonyl (C=O) groups is 1. The standard InChI is InChI=1S/C17H23NO3/c1-4-21-16-8-6-5-7-15(16)9-10-17(19)18-11-12-20-13-14(2)3/h5-10H,2,4,11-13H2,1,3H3,(H,18,19)/b10-9+. The van der Waals surface area contributed by atoms with E-state index in [1.807, 2.05) is 38.1 Å². The maximum atomic E-state index is 11.7. The van der Waals surface area contributed by atoms with Gasteiger partial charge < -0.3 is 14.8 Å². The molecule has 1 aromatic rings. The zero-order valence-corrected chi connectivity index (χ0v) is 12.7. The van der Waals surface area contributed by atoms with E-state index in [0.717, 1.165) is 16.9 Å². The second-order valence-corrected chi connectivity index (χ2v) is 4.60. The quantitative estimate of drug-likeness (QED) is 0.432. The summed E-state index contributed by atoms with van der Waals surface area (Å²) in [5.74, 6) is 0.620. The van der Waals surface area contributed by atoms with Crippen LogP contribution in [0.3, 0.4) is 0 Å². The highest BCUT2D eigenvalue weighted by molar-refractivity contribution is 5.92. The molecule has 1 amide bonds. The van der Waals surface area contributed by atoms with Crippen LogP contribution in [0.4, 0.5) is 0 Å². The van der Waals surface area contributed by atoms with Crippen molar-refractivity contribution in [2.75, 3.05) is 26.4 Å². The highest BCUT2D eigenvalue weighted by Crippen LogP contribution is 2.19. The highest BCUT2D eigenvalue weighted by Gasteiger charge is 2.00. The number of para-hydroxylation sites is 1. The van der Waals surface area contributed by atoms with Gasteiger partial charge in [0.15, 0.2) is 0 Å². The summed E-state index contributed by atoms with van der Waals surface area (Å²) in [6.45, 7) is 9.63. The monoisotopic (exact) mass is 289 g/mol. The molecule has 1 rings (SSSR count). The summed E-state index contributed by atoms with van der Waals surface area (Å²) in [6, 6.07) is 7.60. The molecule has 1 N–H and O–H groups in total. The molecule has 0 fully saturated rings. The normalized spacial score (nSPS) is 10.6. The average Bonchev–Trinajstić information content (AvgIpc) is 2.46. The third kappa shape index (κ3) is 7.32. The van der Waals surface area contributed by atoms with E-state index in [0.29, 0.717) is 26.4 Å². The second-order valence-electron chi connectivity index (χ2n) is 4.60. The molecule has 0 atom stereocenters. The van der Waals surface area contributed by atoms with Crippen LogP contribution in [-0.2, 0) is 9.53 Å². The third-order valence-corrected chi connectivity index (χ3v) is 2.53. The molecule has 0 spiro atoms. The van der Waals surface area contributed by atoms with Crippen molar-refractivity contribution in [3.63, 3.8) is 0 Å². The first-order chi connectivity index (χ1) is 10.1. The lowest BCUT2D eigenvalue weighted by molar-refractivity contribution is -0.116. The van der Waals surface area contributed by atoms with E-state index >= 15 is 0 Å². The molecule has 0 bridgehead atoms. The number of carbonyl (C=O) groups excluding carboxylic acids is 1. The van der Waals surface area contributed by atoms with E-state index in [-0.39, 0.29) is 5.91 Å². The van der Waals surface area contributed by atoms with Crippen LogP contribution in [0, 0.1) is 0 Å². The highest BCUT2D eigenvalue weighted by atomic mass is 16.5. The molecule has 21 heavy (non-hydrogen) atoms. The molecule has 0 aromatic heterocycles. The third-order valence-electron chi connectivity index (χ3n) is 2.53. The van der Waals surface area contributed by atoms with Crippen LogP contribution in [0.1, 0.15) is 19.4 Å². The lowest BCUT2D eigenvalue weighted by Crippen LogP contribution is -2.25. The number of rotatable bonds is 9. The fourth-order valence-electron chi connectivity index (χ4n) is 1.62. The van der Waals surface area contributed by atoms with E-state index in [2.05, 4.69) is 11.9 Å². The Bertz CT molecular complexity index is 495. The Morgan fingerprint density at radius 1 is 1.38 bits per heavy atom. The van der Waals surface area contributed by atoms with Gasteiger partial charge in [0.25, 0.3) is 0 Å². The van der Waals surface area contributed by atoms with Crippen LogP contribution in [0.25, 0.3) is 6.08 Å². The largest absolute Gasteiger partial charge is 0.493 e.